The third-order valence-corrected chi connectivity index (χ3v) is 4.99. The first-order valence-corrected chi connectivity index (χ1v) is 8.85. The lowest BCUT2D eigenvalue weighted by molar-refractivity contribution is 0.0599. The molecule has 3 rings (SSSR count). The highest BCUT2D eigenvalue weighted by atomic mass is 32.2. The number of nitrogens with two attached hydrogens (primary N) is 1. The number of ether oxygens (including phenoxy) is 2. The summed E-state index contributed by atoms with van der Waals surface area (Å²) in [6.45, 7) is 2.08. The topological polar surface area (TPSA) is 87.9 Å². The second-order valence-corrected chi connectivity index (χ2v) is 6.95. The number of fused-ring (bicyclic) bond motifs is 1. The summed E-state index contributed by atoms with van der Waals surface area (Å²) in [6.07, 6.45) is 0.0770. The molecule has 7 heteroatoms. The predicted octanol–water partition coefficient (Wildman–Crippen LogP) is 2.41. The van der Waals surface area contributed by atoms with Gasteiger partial charge >= 0.3 is 5.97 Å². The van der Waals surface area contributed by atoms with Gasteiger partial charge in [-0.15, -0.1) is 0 Å². The summed E-state index contributed by atoms with van der Waals surface area (Å²) in [5.74, 6) is 0.0299. The van der Waals surface area contributed by atoms with Crippen molar-refractivity contribution in [2.24, 2.45) is 0 Å². The smallest absolute Gasteiger partial charge is 0.338 e. The van der Waals surface area contributed by atoms with E-state index in [2.05, 4.69) is 0 Å². The quantitative estimate of drug-likeness (QED) is 0.650. The van der Waals surface area contributed by atoms with Gasteiger partial charge in [0.15, 0.2) is 11.1 Å². The van der Waals surface area contributed by atoms with Crippen LogP contribution in [0, 0.1) is 6.92 Å². The Bertz CT molecular complexity index is 819. The fourth-order valence-corrected chi connectivity index (χ4v) is 3.44. The van der Waals surface area contributed by atoms with E-state index in [1.807, 2.05) is 19.1 Å². The molecule has 2 aromatic carbocycles. The van der Waals surface area contributed by atoms with E-state index in [1.165, 1.54) is 7.11 Å². The number of nitrogen functional groups attached to an aromatic ring is 1. The normalized spacial score (nSPS) is 16.8. The van der Waals surface area contributed by atoms with Gasteiger partial charge in [0.25, 0.3) is 0 Å². The first-order chi connectivity index (χ1) is 12.0. The Morgan fingerprint density at radius 3 is 2.68 bits per heavy atom. The van der Waals surface area contributed by atoms with Crippen LogP contribution in [0.15, 0.2) is 41.3 Å². The molecule has 6 nitrogen and oxygen atoms in total. The van der Waals surface area contributed by atoms with Crippen LogP contribution in [0.1, 0.15) is 21.5 Å². The number of esters is 1. The Morgan fingerprint density at radius 1 is 1.28 bits per heavy atom. The van der Waals surface area contributed by atoms with E-state index >= 15 is 0 Å². The Morgan fingerprint density at radius 2 is 2.00 bits per heavy atom. The third kappa shape index (κ3) is 3.67. The van der Waals surface area contributed by atoms with Crippen LogP contribution in [0.25, 0.3) is 0 Å². The van der Waals surface area contributed by atoms with E-state index in [-0.39, 0.29) is 12.7 Å². The number of carbonyl (C=O) groups excluding carboxylic acids is 1. The molecule has 0 aromatic heterocycles. The number of aryl methyl sites for hydroxylation is 1. The monoisotopic (exact) mass is 361 g/mol. The van der Waals surface area contributed by atoms with Crippen LogP contribution in [-0.2, 0) is 26.4 Å². The van der Waals surface area contributed by atoms with Gasteiger partial charge in [-0.2, -0.15) is 0 Å². The largest absolute Gasteiger partial charge is 0.485 e. The van der Waals surface area contributed by atoms with E-state index in [0.717, 1.165) is 5.56 Å². The molecular weight excluding hydrogens is 342 g/mol. The molecule has 0 fully saturated rings. The highest BCUT2D eigenvalue weighted by Gasteiger charge is 2.30. The lowest BCUT2D eigenvalue weighted by atomic mass is 10.0. The number of hydrogen-bond acceptors (Lipinski definition) is 6. The minimum Gasteiger partial charge on any atom is -0.485 e. The van der Waals surface area contributed by atoms with Crippen LogP contribution < -0.4 is 10.5 Å². The fraction of sp³-hybridized carbons (Fsp3) is 0.278. The molecule has 2 atom stereocenters. The number of benzene rings is 2. The molecule has 0 saturated heterocycles. The Labute approximate surface area is 148 Å². The summed E-state index contributed by atoms with van der Waals surface area (Å²) in [4.78, 5) is 12.5. The van der Waals surface area contributed by atoms with Gasteiger partial charge < -0.3 is 15.2 Å². The maximum Gasteiger partial charge on any atom is 0.338 e. The van der Waals surface area contributed by atoms with Crippen molar-refractivity contribution in [3.05, 3.63) is 53.1 Å². The van der Waals surface area contributed by atoms with Gasteiger partial charge in [-0.1, -0.05) is 17.7 Å². The summed E-state index contributed by atoms with van der Waals surface area (Å²) >= 11 is -1.58. The van der Waals surface area contributed by atoms with Crippen molar-refractivity contribution in [2.45, 2.75) is 24.3 Å². The standard InChI is InChI=1S/C18H19NO5S/c1-11-3-5-13(6-4-11)25(21)23-10-12-9-15-14(18(20)22-2)7-8-16(19)17(15)24-12/h3-8,12H,9-10,19H2,1-2H3. The van der Waals surface area contributed by atoms with Gasteiger partial charge in [-0.3, -0.25) is 4.18 Å². The molecule has 1 aliphatic rings. The van der Waals surface area contributed by atoms with Crippen molar-refractivity contribution in [3.63, 3.8) is 0 Å². The summed E-state index contributed by atoms with van der Waals surface area (Å²) in [5.41, 5.74) is 8.58. The van der Waals surface area contributed by atoms with Gasteiger partial charge in [-0.05, 0) is 31.2 Å². The van der Waals surface area contributed by atoms with E-state index in [9.17, 15) is 9.00 Å². The van der Waals surface area contributed by atoms with Crippen molar-refractivity contribution in [2.75, 3.05) is 19.5 Å². The van der Waals surface area contributed by atoms with Crippen LogP contribution in [-0.4, -0.2) is 30.0 Å². The Hall–Kier alpha value is -2.38. The number of carbonyl (C=O) groups is 1. The molecule has 2 unspecified atom stereocenters. The van der Waals surface area contributed by atoms with E-state index < -0.39 is 17.0 Å². The van der Waals surface area contributed by atoms with Crippen LogP contribution in [0.2, 0.25) is 0 Å². The van der Waals surface area contributed by atoms with Crippen LogP contribution in [0.5, 0.6) is 5.75 Å². The van der Waals surface area contributed by atoms with Crippen LogP contribution in [0.4, 0.5) is 5.69 Å². The minimum absolute atomic E-state index is 0.120. The Balaban J connectivity index is 1.68. The molecule has 0 spiro atoms. The minimum atomic E-state index is -1.58. The zero-order valence-electron chi connectivity index (χ0n) is 14.0. The van der Waals surface area contributed by atoms with Gasteiger partial charge in [0, 0.05) is 12.0 Å². The van der Waals surface area contributed by atoms with Crippen LogP contribution in [0.3, 0.4) is 0 Å². The first-order valence-electron chi connectivity index (χ1n) is 7.77. The molecule has 0 radical (unpaired) electrons. The first kappa shape index (κ1) is 17.4. The predicted molar refractivity (Wildman–Crippen MR) is 93.9 cm³/mol. The van der Waals surface area contributed by atoms with Crippen molar-refractivity contribution in [1.82, 2.24) is 0 Å². The molecule has 1 aliphatic heterocycles. The summed E-state index contributed by atoms with van der Waals surface area (Å²) in [7, 11) is 1.33. The maximum atomic E-state index is 12.2. The zero-order chi connectivity index (χ0) is 18.0. The van der Waals surface area contributed by atoms with Crippen molar-refractivity contribution < 1.29 is 22.7 Å². The van der Waals surface area contributed by atoms with Gasteiger partial charge in [0.1, 0.15) is 18.5 Å². The molecular formula is C18H19NO5S. The highest BCUT2D eigenvalue weighted by Crippen LogP contribution is 2.37. The number of rotatable bonds is 5. The average Bonchev–Trinajstić information content (AvgIpc) is 3.05. The van der Waals surface area contributed by atoms with Gasteiger partial charge in [0.05, 0.1) is 23.3 Å². The van der Waals surface area contributed by atoms with Gasteiger partial charge in [0.2, 0.25) is 0 Å². The lowest BCUT2D eigenvalue weighted by Crippen LogP contribution is -2.21. The SMILES string of the molecule is COC(=O)c1ccc(N)c2c1CC(COS(=O)c1ccc(C)cc1)O2. The molecule has 2 N–H and O–H groups in total. The molecule has 25 heavy (non-hydrogen) atoms. The fourth-order valence-electron chi connectivity index (χ4n) is 2.67. The van der Waals surface area contributed by atoms with Crippen LogP contribution >= 0.6 is 0 Å². The molecule has 0 bridgehead atoms. The zero-order valence-corrected chi connectivity index (χ0v) is 14.8. The molecule has 2 aromatic rings. The number of hydrogen-bond donors (Lipinski definition) is 1. The highest BCUT2D eigenvalue weighted by molar-refractivity contribution is 7.80. The number of methoxy groups -OCH3 is 1. The second-order valence-electron chi connectivity index (χ2n) is 5.78. The third-order valence-electron chi connectivity index (χ3n) is 3.99. The van der Waals surface area contributed by atoms with Crippen molar-refractivity contribution >= 4 is 22.7 Å². The molecule has 0 saturated carbocycles. The van der Waals surface area contributed by atoms with Crippen molar-refractivity contribution in [1.29, 1.82) is 0 Å². The summed E-state index contributed by atoms with van der Waals surface area (Å²) < 4.78 is 28.2. The summed E-state index contributed by atoms with van der Waals surface area (Å²) in [6, 6.07) is 10.5. The maximum absolute atomic E-state index is 12.2. The van der Waals surface area contributed by atoms with E-state index in [0.29, 0.717) is 33.9 Å². The lowest BCUT2D eigenvalue weighted by Gasteiger charge is -2.11. The van der Waals surface area contributed by atoms with Crippen molar-refractivity contribution in [3.8, 4) is 5.75 Å². The van der Waals surface area contributed by atoms with Gasteiger partial charge in [-0.25, -0.2) is 9.00 Å². The van der Waals surface area contributed by atoms with E-state index in [1.54, 1.807) is 24.3 Å². The second kappa shape index (κ2) is 7.25. The molecule has 0 amide bonds. The number of anilines is 1. The van der Waals surface area contributed by atoms with E-state index in [4.69, 9.17) is 19.4 Å². The molecule has 1 heterocycles. The Kier molecular flexibility index (Phi) is 5.06. The average molecular weight is 361 g/mol. The summed E-state index contributed by atoms with van der Waals surface area (Å²) in [5, 5.41) is 0. The molecule has 132 valence electrons. The molecule has 0 aliphatic carbocycles.